The molecule has 0 radical (unpaired) electrons. The molecule has 1 atom stereocenters. The van der Waals surface area contributed by atoms with Crippen LogP contribution in [0.4, 0.5) is 0 Å². The average molecular weight is 353 g/mol. The van der Waals surface area contributed by atoms with Gasteiger partial charge in [0.25, 0.3) is 10.0 Å². The second kappa shape index (κ2) is 4.79. The molecule has 104 valence electrons. The molecule has 6 heteroatoms. The first-order chi connectivity index (χ1) is 9.50. The number of dihydropyridines is 1. The predicted molar refractivity (Wildman–Crippen MR) is 81.2 cm³/mol. The highest BCUT2D eigenvalue weighted by molar-refractivity contribution is 9.11. The third-order valence-electron chi connectivity index (χ3n) is 3.26. The molecule has 2 aliphatic rings. The number of nitrogens with one attached hydrogen (secondary N) is 1. The van der Waals surface area contributed by atoms with Gasteiger partial charge in [0.2, 0.25) is 0 Å². The Morgan fingerprint density at radius 2 is 1.90 bits per heavy atom. The summed E-state index contributed by atoms with van der Waals surface area (Å²) in [6.07, 6.45) is 5.19. The molecule has 0 aliphatic carbocycles. The molecule has 0 spiro atoms. The minimum absolute atomic E-state index is 0.296. The number of allylic oxidation sites excluding steroid dienone is 3. The maximum atomic E-state index is 12.8. The highest BCUT2D eigenvalue weighted by atomic mass is 79.9. The standard InChI is InChI=1S/C14H13BrN2O2S/c1-10-7-11-8-12(15)9-16-14(11)17(10)20(18,19)13-5-3-2-4-6-13/h2-9,14,16H,1H3. The van der Waals surface area contributed by atoms with Gasteiger partial charge in [-0.25, -0.2) is 12.7 Å². The van der Waals surface area contributed by atoms with E-state index in [1.165, 1.54) is 4.31 Å². The quantitative estimate of drug-likeness (QED) is 0.890. The topological polar surface area (TPSA) is 49.4 Å². The lowest BCUT2D eigenvalue weighted by Gasteiger charge is -2.30. The number of hydrogen-bond donors (Lipinski definition) is 1. The molecule has 1 unspecified atom stereocenters. The summed E-state index contributed by atoms with van der Waals surface area (Å²) in [6, 6.07) is 8.47. The summed E-state index contributed by atoms with van der Waals surface area (Å²) < 4.78 is 27.8. The van der Waals surface area contributed by atoms with Crippen molar-refractivity contribution in [2.75, 3.05) is 0 Å². The molecule has 1 aromatic rings. The maximum Gasteiger partial charge on any atom is 0.266 e. The molecule has 1 aromatic carbocycles. The van der Waals surface area contributed by atoms with Gasteiger partial charge >= 0.3 is 0 Å². The van der Waals surface area contributed by atoms with Gasteiger partial charge in [-0.2, -0.15) is 0 Å². The van der Waals surface area contributed by atoms with E-state index in [1.807, 2.05) is 12.2 Å². The van der Waals surface area contributed by atoms with Crippen molar-refractivity contribution in [3.63, 3.8) is 0 Å². The molecule has 0 bridgehead atoms. The second-order valence-electron chi connectivity index (χ2n) is 4.64. The molecular weight excluding hydrogens is 340 g/mol. The lowest BCUT2D eigenvalue weighted by Crippen LogP contribution is -2.44. The summed E-state index contributed by atoms with van der Waals surface area (Å²) in [5, 5.41) is 3.10. The van der Waals surface area contributed by atoms with Gasteiger partial charge in [0.15, 0.2) is 0 Å². The average Bonchev–Trinajstić information content (AvgIpc) is 2.75. The fourth-order valence-corrected chi connectivity index (χ4v) is 4.42. The number of halogens is 1. The van der Waals surface area contributed by atoms with Crippen LogP contribution < -0.4 is 5.32 Å². The molecule has 0 aromatic heterocycles. The summed E-state index contributed by atoms with van der Waals surface area (Å²) in [5.41, 5.74) is 1.63. The van der Waals surface area contributed by atoms with Crippen LogP contribution in [0.25, 0.3) is 0 Å². The molecule has 4 nitrogen and oxygen atoms in total. The molecule has 3 rings (SSSR count). The molecular formula is C14H13BrN2O2S. The number of sulfonamides is 1. The van der Waals surface area contributed by atoms with E-state index in [2.05, 4.69) is 21.2 Å². The molecule has 20 heavy (non-hydrogen) atoms. The van der Waals surface area contributed by atoms with Crippen molar-refractivity contribution in [2.45, 2.75) is 18.0 Å². The smallest absolute Gasteiger partial charge is 0.266 e. The number of fused-ring (bicyclic) bond motifs is 1. The number of nitrogens with zero attached hydrogens (tertiary/aromatic N) is 1. The largest absolute Gasteiger partial charge is 0.366 e. The van der Waals surface area contributed by atoms with Crippen molar-refractivity contribution in [3.05, 3.63) is 64.4 Å². The Morgan fingerprint density at radius 3 is 2.60 bits per heavy atom. The lowest BCUT2D eigenvalue weighted by atomic mass is 10.2. The molecule has 2 aliphatic heterocycles. The van der Waals surface area contributed by atoms with Gasteiger partial charge in [-0.3, -0.25) is 0 Å². The van der Waals surface area contributed by atoms with E-state index >= 15 is 0 Å². The normalized spacial score (nSPS) is 21.6. The molecule has 1 N–H and O–H groups in total. The first-order valence-electron chi connectivity index (χ1n) is 6.11. The molecule has 0 fully saturated rings. The maximum absolute atomic E-state index is 12.8. The van der Waals surface area contributed by atoms with Crippen molar-refractivity contribution in [3.8, 4) is 0 Å². The summed E-state index contributed by atoms with van der Waals surface area (Å²) in [4.78, 5) is 0.296. The van der Waals surface area contributed by atoms with Crippen LogP contribution in [0.15, 0.2) is 69.3 Å². The number of hydrogen-bond acceptors (Lipinski definition) is 3. The van der Waals surface area contributed by atoms with Gasteiger partial charge < -0.3 is 5.32 Å². The van der Waals surface area contributed by atoms with Crippen molar-refractivity contribution in [2.24, 2.45) is 0 Å². The van der Waals surface area contributed by atoms with Gasteiger partial charge in [-0.15, -0.1) is 0 Å². The summed E-state index contributed by atoms with van der Waals surface area (Å²) >= 11 is 3.38. The van der Waals surface area contributed by atoms with Gasteiger partial charge in [0.05, 0.1) is 4.90 Å². The van der Waals surface area contributed by atoms with Gasteiger partial charge in [0.1, 0.15) is 6.17 Å². The summed E-state index contributed by atoms with van der Waals surface area (Å²) in [6.45, 7) is 1.80. The van der Waals surface area contributed by atoms with Crippen LogP contribution in [-0.2, 0) is 10.0 Å². The van der Waals surface area contributed by atoms with E-state index in [0.29, 0.717) is 10.6 Å². The first kappa shape index (κ1) is 13.5. The van der Waals surface area contributed by atoms with Crippen LogP contribution in [-0.4, -0.2) is 18.9 Å². The Hall–Kier alpha value is -1.53. The fourth-order valence-electron chi connectivity index (χ4n) is 2.40. The minimum atomic E-state index is -3.56. The first-order valence-corrected chi connectivity index (χ1v) is 8.34. The van der Waals surface area contributed by atoms with Crippen LogP contribution in [0, 0.1) is 0 Å². The third-order valence-corrected chi connectivity index (χ3v) is 5.60. The van der Waals surface area contributed by atoms with E-state index in [9.17, 15) is 8.42 Å². The Kier molecular flexibility index (Phi) is 3.22. The summed E-state index contributed by atoms with van der Waals surface area (Å²) in [7, 11) is -3.56. The van der Waals surface area contributed by atoms with Crippen molar-refractivity contribution in [1.29, 1.82) is 0 Å². The third kappa shape index (κ3) is 2.09. The van der Waals surface area contributed by atoms with Crippen LogP contribution in [0.2, 0.25) is 0 Å². The van der Waals surface area contributed by atoms with Gasteiger partial charge in [-0.1, -0.05) is 18.2 Å². The molecule has 0 saturated carbocycles. The van der Waals surface area contributed by atoms with E-state index in [-0.39, 0.29) is 6.17 Å². The zero-order valence-corrected chi connectivity index (χ0v) is 13.1. The van der Waals surface area contributed by atoms with Crippen LogP contribution in [0.5, 0.6) is 0 Å². The monoisotopic (exact) mass is 352 g/mol. The van der Waals surface area contributed by atoms with Gasteiger partial charge in [-0.05, 0) is 52.7 Å². The van der Waals surface area contributed by atoms with Gasteiger partial charge in [0, 0.05) is 16.4 Å². The second-order valence-corrected chi connectivity index (χ2v) is 7.37. The SMILES string of the molecule is CC1=CC2=CC(Br)=CNC2N1S(=O)(=O)c1ccccc1. The van der Waals surface area contributed by atoms with E-state index < -0.39 is 10.0 Å². The van der Waals surface area contributed by atoms with Crippen molar-refractivity contribution < 1.29 is 8.42 Å². The Balaban J connectivity index is 2.04. The van der Waals surface area contributed by atoms with Crippen LogP contribution in [0.3, 0.4) is 0 Å². The Labute approximate surface area is 126 Å². The van der Waals surface area contributed by atoms with E-state index in [4.69, 9.17) is 0 Å². The summed E-state index contributed by atoms with van der Waals surface area (Å²) in [5.74, 6) is 0. The minimum Gasteiger partial charge on any atom is -0.366 e. The van der Waals surface area contributed by atoms with Crippen molar-refractivity contribution >= 4 is 26.0 Å². The predicted octanol–water partition coefficient (Wildman–Crippen LogP) is 2.69. The zero-order valence-electron chi connectivity index (χ0n) is 10.7. The zero-order chi connectivity index (χ0) is 14.3. The Bertz CT molecular complexity index is 736. The van der Waals surface area contributed by atoms with Crippen molar-refractivity contribution in [1.82, 2.24) is 9.62 Å². The highest BCUT2D eigenvalue weighted by Crippen LogP contribution is 2.34. The highest BCUT2D eigenvalue weighted by Gasteiger charge is 2.38. The van der Waals surface area contributed by atoms with E-state index in [0.717, 1.165) is 10.1 Å². The van der Waals surface area contributed by atoms with Crippen LogP contribution >= 0.6 is 15.9 Å². The molecule has 0 amide bonds. The molecule has 0 saturated heterocycles. The fraction of sp³-hybridized carbons (Fsp3) is 0.143. The van der Waals surface area contributed by atoms with E-state index in [1.54, 1.807) is 43.5 Å². The Morgan fingerprint density at radius 1 is 1.20 bits per heavy atom. The lowest BCUT2D eigenvalue weighted by molar-refractivity contribution is 0.406. The van der Waals surface area contributed by atoms with Crippen LogP contribution in [0.1, 0.15) is 6.92 Å². The molecule has 2 heterocycles. The number of benzene rings is 1. The number of rotatable bonds is 2.